The fourth-order valence-corrected chi connectivity index (χ4v) is 5.04. The third kappa shape index (κ3) is 5.58. The van der Waals surface area contributed by atoms with Crippen molar-refractivity contribution in [3.63, 3.8) is 0 Å². The molecule has 0 saturated heterocycles. The van der Waals surface area contributed by atoms with Crippen molar-refractivity contribution in [2.45, 2.75) is 25.2 Å². The van der Waals surface area contributed by atoms with Gasteiger partial charge in [0.15, 0.2) is 0 Å². The first-order chi connectivity index (χ1) is 16.2. The molecule has 0 bridgehead atoms. The Bertz CT molecular complexity index is 1310. The lowest BCUT2D eigenvalue weighted by Gasteiger charge is -2.26. The molecule has 0 aromatic heterocycles. The molecule has 7 nitrogen and oxygen atoms in total. The van der Waals surface area contributed by atoms with Gasteiger partial charge in [-0.2, -0.15) is 0 Å². The van der Waals surface area contributed by atoms with E-state index in [1.807, 2.05) is 26.0 Å². The van der Waals surface area contributed by atoms with Crippen LogP contribution in [0.3, 0.4) is 0 Å². The Morgan fingerprint density at radius 1 is 1.03 bits per heavy atom. The van der Waals surface area contributed by atoms with E-state index in [4.69, 9.17) is 16.3 Å². The fourth-order valence-electron chi connectivity index (χ4n) is 3.39. The van der Waals surface area contributed by atoms with E-state index in [2.05, 4.69) is 5.32 Å². The Hall–Kier alpha value is -3.36. The topological polar surface area (TPSA) is 92.8 Å². The molecular formula is C25H25ClN2O5S. The van der Waals surface area contributed by atoms with Crippen LogP contribution in [0, 0.1) is 6.92 Å². The molecule has 1 N–H and O–H groups in total. The maximum atomic E-state index is 13.6. The maximum absolute atomic E-state index is 13.6. The molecule has 1 amide bonds. The first-order valence-corrected chi connectivity index (χ1v) is 12.3. The molecule has 3 aromatic carbocycles. The summed E-state index contributed by atoms with van der Waals surface area (Å²) in [6, 6.07) is 17.9. The van der Waals surface area contributed by atoms with E-state index in [9.17, 15) is 18.0 Å². The first kappa shape index (κ1) is 25.3. The average molecular weight is 501 g/mol. The van der Waals surface area contributed by atoms with Gasteiger partial charge < -0.3 is 10.1 Å². The van der Waals surface area contributed by atoms with Gasteiger partial charge >= 0.3 is 5.97 Å². The number of hydrogen-bond acceptors (Lipinski definition) is 5. The number of aryl methyl sites for hydroxylation is 2. The third-order valence-electron chi connectivity index (χ3n) is 5.19. The van der Waals surface area contributed by atoms with Gasteiger partial charge in [-0.3, -0.25) is 9.10 Å². The molecule has 3 rings (SSSR count). The van der Waals surface area contributed by atoms with Crippen LogP contribution >= 0.6 is 11.6 Å². The quantitative estimate of drug-likeness (QED) is 0.447. The van der Waals surface area contributed by atoms with Crippen LogP contribution in [0.4, 0.5) is 11.4 Å². The molecule has 0 heterocycles. The molecular weight excluding hydrogens is 476 g/mol. The molecule has 0 spiro atoms. The SMILES string of the molecule is CCc1ccccc1N(CC(=O)Nc1ccc(Cl)c(C(=O)OC)c1)S(=O)(=O)c1ccc(C)cc1. The van der Waals surface area contributed by atoms with Gasteiger partial charge in [0.05, 0.1) is 28.3 Å². The number of methoxy groups -OCH3 is 1. The summed E-state index contributed by atoms with van der Waals surface area (Å²) in [6.45, 7) is 3.31. The number of amides is 1. The van der Waals surface area contributed by atoms with Crippen molar-refractivity contribution in [1.82, 2.24) is 0 Å². The first-order valence-electron chi connectivity index (χ1n) is 10.5. The maximum Gasteiger partial charge on any atom is 0.339 e. The number of para-hydroxylation sites is 1. The lowest BCUT2D eigenvalue weighted by Crippen LogP contribution is -2.38. The molecule has 9 heteroatoms. The highest BCUT2D eigenvalue weighted by atomic mass is 35.5. The normalized spacial score (nSPS) is 11.1. The number of nitrogens with zero attached hydrogens (tertiary/aromatic N) is 1. The predicted molar refractivity (Wildman–Crippen MR) is 133 cm³/mol. The summed E-state index contributed by atoms with van der Waals surface area (Å²) in [7, 11) is -2.82. The van der Waals surface area contributed by atoms with Gasteiger partial charge in [-0.05, 0) is 55.3 Å². The largest absolute Gasteiger partial charge is 0.465 e. The molecule has 178 valence electrons. The van der Waals surface area contributed by atoms with Crippen molar-refractivity contribution >= 4 is 44.9 Å². The van der Waals surface area contributed by atoms with Crippen molar-refractivity contribution in [2.24, 2.45) is 0 Å². The molecule has 34 heavy (non-hydrogen) atoms. The summed E-state index contributed by atoms with van der Waals surface area (Å²) >= 11 is 6.04. The lowest BCUT2D eigenvalue weighted by atomic mass is 10.1. The number of rotatable bonds is 8. The minimum Gasteiger partial charge on any atom is -0.465 e. The van der Waals surface area contributed by atoms with E-state index in [1.165, 1.54) is 37.4 Å². The van der Waals surface area contributed by atoms with Crippen LogP contribution in [-0.2, 0) is 26.0 Å². The second-order valence-corrected chi connectivity index (χ2v) is 9.81. The number of carbonyl (C=O) groups excluding carboxylic acids is 2. The van der Waals surface area contributed by atoms with Crippen LogP contribution < -0.4 is 9.62 Å². The summed E-state index contributed by atoms with van der Waals surface area (Å²) in [4.78, 5) is 25.0. The van der Waals surface area contributed by atoms with Crippen molar-refractivity contribution in [1.29, 1.82) is 0 Å². The van der Waals surface area contributed by atoms with E-state index >= 15 is 0 Å². The summed E-state index contributed by atoms with van der Waals surface area (Å²) in [5.41, 5.74) is 2.49. The number of halogens is 1. The summed E-state index contributed by atoms with van der Waals surface area (Å²) in [5.74, 6) is -1.23. The standard InChI is InChI=1S/C25H25ClN2O5S/c1-4-18-7-5-6-8-23(18)28(34(31,32)20-12-9-17(2)10-13-20)16-24(29)27-19-11-14-22(26)21(15-19)25(30)33-3/h5-15H,4,16H2,1-3H3,(H,27,29). The van der Waals surface area contributed by atoms with Crippen LogP contribution in [0.5, 0.6) is 0 Å². The van der Waals surface area contributed by atoms with Crippen LogP contribution in [0.15, 0.2) is 71.6 Å². The summed E-state index contributed by atoms with van der Waals surface area (Å²) in [6.07, 6.45) is 0.581. The number of hydrogen-bond donors (Lipinski definition) is 1. The second-order valence-electron chi connectivity index (χ2n) is 7.54. The van der Waals surface area contributed by atoms with Gasteiger partial charge in [-0.1, -0.05) is 54.4 Å². The van der Waals surface area contributed by atoms with Gasteiger partial charge in [-0.25, -0.2) is 13.2 Å². The van der Waals surface area contributed by atoms with Crippen LogP contribution in [0.1, 0.15) is 28.4 Å². The zero-order valence-electron chi connectivity index (χ0n) is 19.0. The molecule has 0 radical (unpaired) electrons. The number of esters is 1. The molecule has 0 aliphatic rings. The van der Waals surface area contributed by atoms with E-state index in [0.29, 0.717) is 12.1 Å². The Balaban J connectivity index is 1.97. The molecule has 0 atom stereocenters. The van der Waals surface area contributed by atoms with E-state index in [1.54, 1.807) is 24.3 Å². The van der Waals surface area contributed by atoms with Crippen molar-refractivity contribution in [3.05, 3.63) is 88.4 Å². The van der Waals surface area contributed by atoms with Gasteiger partial charge in [0, 0.05) is 5.69 Å². The van der Waals surface area contributed by atoms with Crippen LogP contribution in [-0.4, -0.2) is 33.9 Å². The minimum atomic E-state index is -4.05. The third-order valence-corrected chi connectivity index (χ3v) is 7.30. The Morgan fingerprint density at radius 2 is 1.71 bits per heavy atom. The Morgan fingerprint density at radius 3 is 2.35 bits per heavy atom. The number of carbonyl (C=O) groups is 2. The molecule has 0 saturated carbocycles. The predicted octanol–water partition coefficient (Wildman–Crippen LogP) is 4.83. The molecule has 0 fully saturated rings. The molecule has 0 aliphatic heterocycles. The highest BCUT2D eigenvalue weighted by Crippen LogP contribution is 2.28. The smallest absolute Gasteiger partial charge is 0.339 e. The molecule has 0 unspecified atom stereocenters. The van der Waals surface area contributed by atoms with Gasteiger partial charge in [0.1, 0.15) is 6.54 Å². The Labute approximate surface area is 204 Å². The monoisotopic (exact) mass is 500 g/mol. The number of anilines is 2. The lowest BCUT2D eigenvalue weighted by molar-refractivity contribution is -0.114. The van der Waals surface area contributed by atoms with Crippen LogP contribution in [0.25, 0.3) is 0 Å². The highest BCUT2D eigenvalue weighted by Gasteiger charge is 2.28. The van der Waals surface area contributed by atoms with Crippen molar-refractivity contribution < 1.29 is 22.7 Å². The van der Waals surface area contributed by atoms with E-state index in [-0.39, 0.29) is 21.2 Å². The van der Waals surface area contributed by atoms with Crippen molar-refractivity contribution in [3.8, 4) is 0 Å². The average Bonchev–Trinajstić information content (AvgIpc) is 2.83. The molecule has 3 aromatic rings. The fraction of sp³-hybridized carbons (Fsp3) is 0.200. The zero-order chi connectivity index (χ0) is 24.9. The number of ether oxygens (including phenoxy) is 1. The number of sulfonamides is 1. The van der Waals surface area contributed by atoms with Gasteiger partial charge in [0.2, 0.25) is 5.91 Å². The summed E-state index contributed by atoms with van der Waals surface area (Å²) in [5, 5.41) is 2.82. The molecule has 0 aliphatic carbocycles. The van der Waals surface area contributed by atoms with Gasteiger partial charge in [-0.15, -0.1) is 0 Å². The van der Waals surface area contributed by atoms with Crippen LogP contribution in [0.2, 0.25) is 5.02 Å². The van der Waals surface area contributed by atoms with E-state index < -0.39 is 28.4 Å². The second kappa shape index (κ2) is 10.7. The number of benzene rings is 3. The highest BCUT2D eigenvalue weighted by molar-refractivity contribution is 7.92. The number of nitrogens with one attached hydrogen (secondary N) is 1. The van der Waals surface area contributed by atoms with Gasteiger partial charge in [0.25, 0.3) is 10.0 Å². The van der Waals surface area contributed by atoms with E-state index in [0.717, 1.165) is 15.4 Å². The van der Waals surface area contributed by atoms with Crippen molar-refractivity contribution in [2.75, 3.05) is 23.3 Å². The summed E-state index contributed by atoms with van der Waals surface area (Å²) < 4.78 is 33.0. The Kier molecular flexibility index (Phi) is 7.96. The zero-order valence-corrected chi connectivity index (χ0v) is 20.6. The minimum absolute atomic E-state index is 0.0799.